The van der Waals surface area contributed by atoms with Crippen molar-refractivity contribution < 1.29 is 4.79 Å². The highest BCUT2D eigenvalue weighted by molar-refractivity contribution is 7.17. The van der Waals surface area contributed by atoms with Crippen LogP contribution in [-0.4, -0.2) is 43.6 Å². The standard InChI is InChI=1S/C18H18N6OS/c1-3-15(25)23-10-18(11-23,5-6-19)24-9-13(8-20-24)16-17-14(4-7-26-17)21-12(2)22-16/h4,7-9H,3,5,10-11H2,1-2H3. The van der Waals surface area contributed by atoms with Gasteiger partial charge in [-0.25, -0.2) is 9.97 Å². The summed E-state index contributed by atoms with van der Waals surface area (Å²) in [6.45, 7) is 4.77. The maximum Gasteiger partial charge on any atom is 0.222 e. The van der Waals surface area contributed by atoms with Gasteiger partial charge in [0.15, 0.2) is 0 Å². The summed E-state index contributed by atoms with van der Waals surface area (Å²) in [5, 5.41) is 15.8. The molecule has 3 aromatic heterocycles. The molecular formula is C18H18N6OS. The van der Waals surface area contributed by atoms with Crippen molar-refractivity contribution in [3.63, 3.8) is 0 Å². The SMILES string of the molecule is CCC(=O)N1CC(CC#N)(n2cc(-c3nc(C)nc4ccsc34)cn2)C1. The minimum Gasteiger partial charge on any atom is -0.338 e. The van der Waals surface area contributed by atoms with Gasteiger partial charge in [-0.05, 0) is 18.4 Å². The number of aryl methyl sites for hydroxylation is 1. The number of nitriles is 1. The van der Waals surface area contributed by atoms with Crippen LogP contribution in [0.4, 0.5) is 0 Å². The van der Waals surface area contributed by atoms with Gasteiger partial charge in [-0.1, -0.05) is 6.92 Å². The van der Waals surface area contributed by atoms with E-state index < -0.39 is 5.54 Å². The molecule has 7 nitrogen and oxygen atoms in total. The lowest BCUT2D eigenvalue weighted by atomic mass is 9.86. The van der Waals surface area contributed by atoms with Crippen molar-refractivity contribution >= 4 is 27.5 Å². The van der Waals surface area contributed by atoms with E-state index in [0.717, 1.165) is 21.5 Å². The number of carbonyl (C=O) groups excluding carboxylic acids is 1. The Morgan fingerprint density at radius 1 is 1.42 bits per heavy atom. The second kappa shape index (κ2) is 6.18. The van der Waals surface area contributed by atoms with Crippen molar-refractivity contribution in [3.05, 3.63) is 29.7 Å². The molecule has 132 valence electrons. The van der Waals surface area contributed by atoms with E-state index in [2.05, 4.69) is 21.1 Å². The molecule has 1 aliphatic rings. The third kappa shape index (κ3) is 2.56. The van der Waals surface area contributed by atoms with Crippen LogP contribution in [-0.2, 0) is 10.3 Å². The molecule has 4 heterocycles. The van der Waals surface area contributed by atoms with Crippen LogP contribution in [0.3, 0.4) is 0 Å². The molecule has 0 bridgehead atoms. The first kappa shape index (κ1) is 16.7. The van der Waals surface area contributed by atoms with Crippen molar-refractivity contribution in [3.8, 4) is 17.3 Å². The first-order valence-corrected chi connectivity index (χ1v) is 9.36. The highest BCUT2D eigenvalue weighted by atomic mass is 32.1. The molecule has 1 fully saturated rings. The number of thiophene rings is 1. The summed E-state index contributed by atoms with van der Waals surface area (Å²) in [5.41, 5.74) is 2.25. The molecule has 0 unspecified atom stereocenters. The van der Waals surface area contributed by atoms with Crippen molar-refractivity contribution in [1.29, 1.82) is 5.26 Å². The van der Waals surface area contributed by atoms with E-state index in [1.54, 1.807) is 22.4 Å². The maximum atomic E-state index is 11.9. The van der Waals surface area contributed by atoms with E-state index >= 15 is 0 Å². The van der Waals surface area contributed by atoms with Crippen LogP contribution in [0.1, 0.15) is 25.6 Å². The molecule has 8 heteroatoms. The monoisotopic (exact) mass is 366 g/mol. The number of fused-ring (bicyclic) bond motifs is 1. The number of aromatic nitrogens is 4. The molecule has 4 rings (SSSR count). The van der Waals surface area contributed by atoms with Crippen LogP contribution in [0, 0.1) is 18.3 Å². The predicted octanol–water partition coefficient (Wildman–Crippen LogP) is 2.72. The second-order valence-electron chi connectivity index (χ2n) is 6.59. The van der Waals surface area contributed by atoms with E-state index in [4.69, 9.17) is 0 Å². The first-order valence-electron chi connectivity index (χ1n) is 8.48. The van der Waals surface area contributed by atoms with Gasteiger partial charge in [-0.15, -0.1) is 11.3 Å². The number of likely N-dealkylation sites (tertiary alicyclic amines) is 1. The zero-order chi connectivity index (χ0) is 18.3. The van der Waals surface area contributed by atoms with Gasteiger partial charge >= 0.3 is 0 Å². The fourth-order valence-electron chi connectivity index (χ4n) is 3.43. The average molecular weight is 366 g/mol. The molecule has 0 radical (unpaired) electrons. The molecule has 1 amide bonds. The van der Waals surface area contributed by atoms with E-state index in [0.29, 0.717) is 31.8 Å². The van der Waals surface area contributed by atoms with Crippen LogP contribution in [0.25, 0.3) is 21.5 Å². The third-order valence-electron chi connectivity index (χ3n) is 4.79. The van der Waals surface area contributed by atoms with E-state index in [9.17, 15) is 10.1 Å². The molecule has 3 aromatic rings. The van der Waals surface area contributed by atoms with Gasteiger partial charge in [0.1, 0.15) is 11.4 Å². The minimum atomic E-state index is -0.450. The molecular weight excluding hydrogens is 348 g/mol. The van der Waals surface area contributed by atoms with E-state index in [1.165, 1.54) is 0 Å². The van der Waals surface area contributed by atoms with Gasteiger partial charge in [0.2, 0.25) is 5.91 Å². The highest BCUT2D eigenvalue weighted by Gasteiger charge is 2.47. The third-order valence-corrected chi connectivity index (χ3v) is 5.70. The fourth-order valence-corrected chi connectivity index (χ4v) is 4.27. The number of carbonyl (C=O) groups is 1. The van der Waals surface area contributed by atoms with Gasteiger partial charge < -0.3 is 4.90 Å². The normalized spacial score (nSPS) is 15.7. The summed E-state index contributed by atoms with van der Waals surface area (Å²) in [7, 11) is 0. The Bertz CT molecular complexity index is 1020. The van der Waals surface area contributed by atoms with Gasteiger partial charge in [-0.3, -0.25) is 9.48 Å². The Morgan fingerprint density at radius 3 is 2.96 bits per heavy atom. The van der Waals surface area contributed by atoms with E-state index in [1.807, 2.05) is 36.2 Å². The van der Waals surface area contributed by atoms with Gasteiger partial charge in [0.05, 0.1) is 34.6 Å². The molecule has 0 atom stereocenters. The summed E-state index contributed by atoms with van der Waals surface area (Å²) < 4.78 is 2.86. The average Bonchev–Trinajstić information content (AvgIpc) is 3.25. The van der Waals surface area contributed by atoms with Crippen LogP contribution < -0.4 is 0 Å². The summed E-state index contributed by atoms with van der Waals surface area (Å²) in [4.78, 5) is 22.7. The Balaban J connectivity index is 1.70. The smallest absolute Gasteiger partial charge is 0.222 e. The van der Waals surface area contributed by atoms with Gasteiger partial charge in [0, 0.05) is 31.3 Å². The van der Waals surface area contributed by atoms with Crippen LogP contribution in [0.2, 0.25) is 0 Å². The van der Waals surface area contributed by atoms with Crippen molar-refractivity contribution in [2.24, 2.45) is 0 Å². The zero-order valence-electron chi connectivity index (χ0n) is 14.6. The zero-order valence-corrected chi connectivity index (χ0v) is 15.5. The molecule has 0 saturated carbocycles. The summed E-state index contributed by atoms with van der Waals surface area (Å²) >= 11 is 1.60. The van der Waals surface area contributed by atoms with Gasteiger partial charge in [-0.2, -0.15) is 10.4 Å². The number of nitrogens with zero attached hydrogens (tertiary/aromatic N) is 6. The molecule has 26 heavy (non-hydrogen) atoms. The quantitative estimate of drug-likeness (QED) is 0.708. The largest absolute Gasteiger partial charge is 0.338 e. The molecule has 0 spiro atoms. The Kier molecular flexibility index (Phi) is 3.96. The Morgan fingerprint density at radius 2 is 2.23 bits per heavy atom. The summed E-state index contributed by atoms with van der Waals surface area (Å²) in [5.74, 6) is 0.825. The molecule has 0 N–H and O–H groups in total. The Labute approximate surface area is 154 Å². The molecule has 1 aliphatic heterocycles. The number of hydrogen-bond acceptors (Lipinski definition) is 6. The van der Waals surface area contributed by atoms with Crippen molar-refractivity contribution in [1.82, 2.24) is 24.6 Å². The lowest BCUT2D eigenvalue weighted by Crippen LogP contribution is -2.64. The lowest BCUT2D eigenvalue weighted by molar-refractivity contribution is -0.142. The molecule has 1 saturated heterocycles. The molecule has 0 aromatic carbocycles. The van der Waals surface area contributed by atoms with Crippen LogP contribution in [0.15, 0.2) is 23.8 Å². The number of hydrogen-bond donors (Lipinski definition) is 0. The van der Waals surface area contributed by atoms with Crippen LogP contribution >= 0.6 is 11.3 Å². The topological polar surface area (TPSA) is 87.7 Å². The highest BCUT2D eigenvalue weighted by Crippen LogP contribution is 2.35. The van der Waals surface area contributed by atoms with Crippen molar-refractivity contribution in [2.45, 2.75) is 32.2 Å². The number of amides is 1. The van der Waals surface area contributed by atoms with Crippen LogP contribution in [0.5, 0.6) is 0 Å². The predicted molar refractivity (Wildman–Crippen MR) is 98.4 cm³/mol. The fraction of sp³-hybridized carbons (Fsp3) is 0.389. The lowest BCUT2D eigenvalue weighted by Gasteiger charge is -2.49. The summed E-state index contributed by atoms with van der Waals surface area (Å²) in [6, 6.07) is 4.23. The second-order valence-corrected chi connectivity index (χ2v) is 7.51. The van der Waals surface area contributed by atoms with Gasteiger partial charge in [0.25, 0.3) is 0 Å². The number of rotatable bonds is 4. The maximum absolute atomic E-state index is 11.9. The summed E-state index contributed by atoms with van der Waals surface area (Å²) in [6.07, 6.45) is 4.51. The van der Waals surface area contributed by atoms with Crippen molar-refractivity contribution in [2.75, 3.05) is 13.1 Å². The minimum absolute atomic E-state index is 0.109. The van der Waals surface area contributed by atoms with E-state index in [-0.39, 0.29) is 5.91 Å². The molecule has 0 aliphatic carbocycles. The first-order chi connectivity index (χ1) is 12.6. The Hall–Kier alpha value is -2.79.